The molecule has 0 spiro atoms. The van der Waals surface area contributed by atoms with Crippen LogP contribution in [-0.4, -0.2) is 42.8 Å². The average Bonchev–Trinajstić information content (AvgIpc) is 0.722. The first kappa shape index (κ1) is 22.7. The van der Waals surface area contributed by atoms with Crippen molar-refractivity contribution in [3.63, 3.8) is 0 Å². The summed E-state index contributed by atoms with van der Waals surface area (Å²) in [5, 5.41) is 0. The summed E-state index contributed by atoms with van der Waals surface area (Å²) in [4.78, 5) is 0. The molecule has 1 atom stereocenters. The molecular formula is H4ClLiO3PSSi. The summed E-state index contributed by atoms with van der Waals surface area (Å²) in [5.41, 5.74) is 0. The van der Waals surface area contributed by atoms with E-state index in [0.717, 1.165) is 0 Å². The minimum absolute atomic E-state index is 0. The molecule has 0 rings (SSSR count). The molecule has 1 unspecified atom stereocenters. The standard InChI is InChI=1S/ClHO3S.Li.H3P.Si/c1-5(2,3)4;;;/h(H,2,3,4);;1H3;. The number of halogens is 1. The molecule has 0 heterocycles. The van der Waals surface area contributed by atoms with E-state index in [1.54, 1.807) is 0 Å². The third-order valence-corrected chi connectivity index (χ3v) is 0. The van der Waals surface area contributed by atoms with E-state index in [1.165, 1.54) is 0 Å². The van der Waals surface area contributed by atoms with Gasteiger partial charge in [-0.05, 0) is 0 Å². The summed E-state index contributed by atoms with van der Waals surface area (Å²) in [6.07, 6.45) is 0. The van der Waals surface area contributed by atoms with Crippen LogP contribution in [0.5, 0.6) is 0 Å². The zero-order chi connectivity index (χ0) is 4.50. The van der Waals surface area contributed by atoms with Gasteiger partial charge in [0.15, 0.2) is 0 Å². The number of hydrogen-bond donors (Lipinski definition) is 1. The fraction of sp³-hybridized carbons (Fsp3) is 0. The van der Waals surface area contributed by atoms with E-state index in [1.807, 2.05) is 0 Å². The van der Waals surface area contributed by atoms with Crippen LogP contribution in [-0.2, 0) is 9.33 Å². The molecule has 1 N–H and O–H groups in total. The first-order valence-corrected chi connectivity index (χ1v) is 2.94. The Balaban J connectivity index is -0.0000000267. The van der Waals surface area contributed by atoms with Crippen LogP contribution in [0.2, 0.25) is 0 Å². The van der Waals surface area contributed by atoms with Crippen LogP contribution >= 0.6 is 20.6 Å². The Labute approximate surface area is 72.6 Å². The third kappa shape index (κ3) is 148. The minimum atomic E-state index is -4.19. The van der Waals surface area contributed by atoms with Crippen molar-refractivity contribution in [2.75, 3.05) is 0 Å². The van der Waals surface area contributed by atoms with Crippen molar-refractivity contribution in [2.45, 2.75) is 0 Å². The molecule has 0 aromatic carbocycles. The molecule has 0 bridgehead atoms. The molecule has 0 amide bonds. The predicted molar refractivity (Wildman–Crippen MR) is 40.0 cm³/mol. The molecule has 0 aromatic rings. The van der Waals surface area contributed by atoms with Crippen LogP contribution < -0.4 is 0 Å². The molecule has 3 nitrogen and oxygen atoms in total. The summed E-state index contributed by atoms with van der Waals surface area (Å²) < 4.78 is 25.2. The normalized spacial score (nSPS) is 7.25. The third-order valence-electron chi connectivity index (χ3n) is 0. The Kier molecular flexibility index (Phi) is 24.0. The monoisotopic (exact) mass is 185 g/mol. The first-order valence-electron chi connectivity index (χ1n) is 0.670. The Morgan fingerprint density at radius 1 is 1.38 bits per heavy atom. The summed E-state index contributed by atoms with van der Waals surface area (Å²) in [6, 6.07) is 0. The number of hydrogen-bond acceptors (Lipinski definition) is 2. The van der Waals surface area contributed by atoms with Crippen molar-refractivity contribution in [2.24, 2.45) is 0 Å². The van der Waals surface area contributed by atoms with E-state index in [0.29, 0.717) is 0 Å². The number of rotatable bonds is 0. The fourth-order valence-corrected chi connectivity index (χ4v) is 0. The minimum Gasteiger partial charge on any atom is -0.273 e. The van der Waals surface area contributed by atoms with Gasteiger partial charge >= 0.3 is 9.33 Å². The molecule has 0 aliphatic rings. The molecule has 8 heteroatoms. The Morgan fingerprint density at radius 2 is 1.38 bits per heavy atom. The van der Waals surface area contributed by atoms with Gasteiger partial charge in [0.1, 0.15) is 0 Å². The second-order valence-electron chi connectivity index (χ2n) is 0.412. The van der Waals surface area contributed by atoms with Crippen LogP contribution in [0.15, 0.2) is 0 Å². The molecule has 0 aromatic heterocycles. The Hall–Kier alpha value is 1.44. The second kappa shape index (κ2) is 8.44. The van der Waals surface area contributed by atoms with E-state index in [2.05, 4.69) is 10.7 Å². The van der Waals surface area contributed by atoms with Crippen LogP contribution in [0.4, 0.5) is 0 Å². The van der Waals surface area contributed by atoms with Crippen molar-refractivity contribution in [1.82, 2.24) is 0 Å². The summed E-state index contributed by atoms with van der Waals surface area (Å²) in [6.45, 7) is 0. The fourth-order valence-electron chi connectivity index (χ4n) is 0. The van der Waals surface area contributed by atoms with E-state index in [9.17, 15) is 0 Å². The molecule has 8 heavy (non-hydrogen) atoms. The van der Waals surface area contributed by atoms with Gasteiger partial charge in [0, 0.05) is 40.5 Å². The summed E-state index contributed by atoms with van der Waals surface area (Å²) >= 11 is 0. The van der Waals surface area contributed by atoms with Crippen LogP contribution in [0.25, 0.3) is 0 Å². The maximum Gasteiger partial charge on any atom is 0.353 e. The predicted octanol–water partition coefficient (Wildman–Crippen LogP) is -0.675. The topological polar surface area (TPSA) is 54.4 Å². The van der Waals surface area contributed by atoms with Gasteiger partial charge in [0.25, 0.3) is 0 Å². The Morgan fingerprint density at radius 3 is 1.38 bits per heavy atom. The molecule has 5 radical (unpaired) electrons. The van der Waals surface area contributed by atoms with Gasteiger partial charge in [-0.1, -0.05) is 0 Å². The van der Waals surface area contributed by atoms with E-state index in [-0.39, 0.29) is 39.7 Å². The van der Waals surface area contributed by atoms with Crippen LogP contribution in [0.1, 0.15) is 0 Å². The average molecular weight is 186 g/mol. The van der Waals surface area contributed by atoms with Gasteiger partial charge in [-0.25, -0.2) is 0 Å². The van der Waals surface area contributed by atoms with E-state index < -0.39 is 9.33 Å². The van der Waals surface area contributed by atoms with Gasteiger partial charge in [0.2, 0.25) is 0 Å². The zero-order valence-electron chi connectivity index (χ0n) is 4.26. The van der Waals surface area contributed by atoms with Gasteiger partial charge in [-0.2, -0.15) is 18.3 Å². The quantitative estimate of drug-likeness (QED) is 0.236. The molecule has 0 saturated carbocycles. The molecule has 45 valence electrons. The van der Waals surface area contributed by atoms with E-state index >= 15 is 0 Å². The molecule has 0 aliphatic heterocycles. The van der Waals surface area contributed by atoms with E-state index in [4.69, 9.17) is 13.0 Å². The van der Waals surface area contributed by atoms with Gasteiger partial charge in [-0.15, -0.1) is 0 Å². The second-order valence-corrected chi connectivity index (χ2v) is 2.41. The maximum absolute atomic E-state index is 8.95. The zero-order valence-corrected chi connectivity index (χ0v) is 8.24. The van der Waals surface area contributed by atoms with Crippen molar-refractivity contribution < 1.29 is 13.0 Å². The summed E-state index contributed by atoms with van der Waals surface area (Å²) in [7, 11) is -0.137. The van der Waals surface area contributed by atoms with Crippen molar-refractivity contribution in [1.29, 1.82) is 0 Å². The van der Waals surface area contributed by atoms with Gasteiger partial charge < -0.3 is 0 Å². The largest absolute Gasteiger partial charge is 0.353 e. The van der Waals surface area contributed by atoms with Crippen molar-refractivity contribution >= 4 is 59.7 Å². The Bertz CT molecular complexity index is 102. The molecule has 0 aliphatic carbocycles. The van der Waals surface area contributed by atoms with Crippen molar-refractivity contribution in [3.8, 4) is 0 Å². The smallest absolute Gasteiger partial charge is 0.273 e. The SMILES string of the molecule is O=S(=O)(O)Cl.P.[Li].[Si]. The van der Waals surface area contributed by atoms with Crippen LogP contribution in [0.3, 0.4) is 0 Å². The maximum atomic E-state index is 8.95. The summed E-state index contributed by atoms with van der Waals surface area (Å²) in [5.74, 6) is 0. The van der Waals surface area contributed by atoms with Gasteiger partial charge in [-0.3, -0.25) is 4.55 Å². The molecular weight excluding hydrogens is 182 g/mol. The first-order chi connectivity index (χ1) is 2.00. The van der Waals surface area contributed by atoms with Gasteiger partial charge in [0.05, 0.1) is 0 Å². The van der Waals surface area contributed by atoms with Crippen LogP contribution in [0, 0.1) is 0 Å². The molecule has 0 fully saturated rings. The molecule has 0 saturated heterocycles. The van der Waals surface area contributed by atoms with Crippen molar-refractivity contribution in [3.05, 3.63) is 0 Å².